The van der Waals surface area contributed by atoms with Gasteiger partial charge in [0.1, 0.15) is 5.75 Å². The van der Waals surface area contributed by atoms with Crippen molar-refractivity contribution >= 4 is 28.8 Å². The number of para-hydroxylation sites is 2. The number of hydrogen-bond donors (Lipinski definition) is 2. The molecule has 2 unspecified atom stereocenters. The number of allylic oxidation sites excluding steroid dienone is 1. The van der Waals surface area contributed by atoms with E-state index in [1.807, 2.05) is 61.5 Å². The van der Waals surface area contributed by atoms with E-state index < -0.39 is 0 Å². The molecule has 0 bridgehead atoms. The summed E-state index contributed by atoms with van der Waals surface area (Å²) in [4.78, 5) is 13.9. The van der Waals surface area contributed by atoms with Crippen LogP contribution in [0.25, 0.3) is 0 Å². The van der Waals surface area contributed by atoms with Crippen LogP contribution in [0.1, 0.15) is 42.9 Å². The maximum Gasteiger partial charge on any atom is 0.203 e. The molecule has 3 aromatic carbocycles. The molecule has 1 aliphatic carbocycles. The van der Waals surface area contributed by atoms with Gasteiger partial charge in [-0.15, -0.1) is 0 Å². The first-order valence-electron chi connectivity index (χ1n) is 12.6. The molecule has 7 nitrogen and oxygen atoms in total. The molecule has 8 heteroatoms. The lowest BCUT2D eigenvalue weighted by Gasteiger charge is -2.30. The monoisotopic (exact) mass is 534 g/mol. The third-order valence-electron chi connectivity index (χ3n) is 7.06. The highest BCUT2D eigenvalue weighted by molar-refractivity contribution is 6.32. The van der Waals surface area contributed by atoms with Crippen molar-refractivity contribution in [2.45, 2.75) is 31.7 Å². The SMILES string of the molecule is CCOc1ccc(C2Nc3ccccc3NC3=C2C(=O)CC(c2cc(OC)c(OC)c(OC)c2)C3)cc1Cl. The molecule has 0 radical (unpaired) electrons. The number of Topliss-reactive ketones (excluding diaryl/α,β-unsaturated/α-hetero) is 1. The van der Waals surface area contributed by atoms with Crippen LogP contribution in [-0.4, -0.2) is 33.7 Å². The average molecular weight is 535 g/mol. The van der Waals surface area contributed by atoms with Gasteiger partial charge in [-0.05, 0) is 66.8 Å². The molecule has 0 fully saturated rings. The largest absolute Gasteiger partial charge is 0.493 e. The summed E-state index contributed by atoms with van der Waals surface area (Å²) < 4.78 is 22.3. The van der Waals surface area contributed by atoms with Crippen LogP contribution in [0.5, 0.6) is 23.0 Å². The van der Waals surface area contributed by atoms with Gasteiger partial charge in [0.2, 0.25) is 5.75 Å². The Morgan fingerprint density at radius 2 is 1.58 bits per heavy atom. The van der Waals surface area contributed by atoms with E-state index >= 15 is 0 Å². The summed E-state index contributed by atoms with van der Waals surface area (Å²) in [5.41, 5.74) is 5.26. The van der Waals surface area contributed by atoms with Gasteiger partial charge in [0.25, 0.3) is 0 Å². The average Bonchev–Trinajstić information content (AvgIpc) is 3.10. The van der Waals surface area contributed by atoms with Crippen molar-refractivity contribution in [3.63, 3.8) is 0 Å². The minimum Gasteiger partial charge on any atom is -0.493 e. The lowest BCUT2D eigenvalue weighted by atomic mass is 9.78. The zero-order chi connectivity index (χ0) is 26.8. The van der Waals surface area contributed by atoms with E-state index in [1.54, 1.807) is 21.3 Å². The Morgan fingerprint density at radius 1 is 0.868 bits per heavy atom. The lowest BCUT2D eigenvalue weighted by Crippen LogP contribution is -2.27. The van der Waals surface area contributed by atoms with Crippen LogP contribution in [0.3, 0.4) is 0 Å². The Morgan fingerprint density at radius 3 is 2.21 bits per heavy atom. The van der Waals surface area contributed by atoms with E-state index in [2.05, 4.69) is 10.6 Å². The molecular formula is C30H31ClN2O5. The van der Waals surface area contributed by atoms with Gasteiger partial charge < -0.3 is 29.6 Å². The second-order valence-electron chi connectivity index (χ2n) is 9.25. The van der Waals surface area contributed by atoms with Gasteiger partial charge >= 0.3 is 0 Å². The van der Waals surface area contributed by atoms with Gasteiger partial charge in [0.05, 0.1) is 50.4 Å². The summed E-state index contributed by atoms with van der Waals surface area (Å²) in [7, 11) is 4.76. The molecule has 0 amide bonds. The van der Waals surface area contributed by atoms with E-state index in [-0.39, 0.29) is 17.7 Å². The van der Waals surface area contributed by atoms with Gasteiger partial charge in [-0.1, -0.05) is 29.8 Å². The molecular weight excluding hydrogens is 504 g/mol. The molecule has 5 rings (SSSR count). The van der Waals surface area contributed by atoms with Crippen molar-refractivity contribution in [1.82, 2.24) is 0 Å². The fourth-order valence-corrected chi connectivity index (χ4v) is 5.53. The molecule has 2 atom stereocenters. The number of benzene rings is 3. The number of nitrogens with one attached hydrogen (secondary N) is 2. The van der Waals surface area contributed by atoms with Gasteiger partial charge in [0, 0.05) is 17.7 Å². The van der Waals surface area contributed by atoms with E-state index in [1.165, 1.54) is 0 Å². The summed E-state index contributed by atoms with van der Waals surface area (Å²) in [6.45, 7) is 2.44. The maximum atomic E-state index is 13.9. The lowest BCUT2D eigenvalue weighted by molar-refractivity contribution is -0.116. The number of fused-ring (bicyclic) bond motifs is 1. The molecule has 0 saturated heterocycles. The number of hydrogen-bond acceptors (Lipinski definition) is 7. The second-order valence-corrected chi connectivity index (χ2v) is 9.66. The highest BCUT2D eigenvalue weighted by atomic mass is 35.5. The molecule has 2 aliphatic rings. The molecule has 0 aromatic heterocycles. The number of rotatable bonds is 7. The normalized spacial score (nSPS) is 18.4. The van der Waals surface area contributed by atoms with Crippen molar-refractivity contribution in [2.24, 2.45) is 0 Å². The van der Waals surface area contributed by atoms with Crippen LogP contribution in [0.15, 0.2) is 65.9 Å². The van der Waals surface area contributed by atoms with E-state index in [0.29, 0.717) is 53.0 Å². The summed E-state index contributed by atoms with van der Waals surface area (Å²) >= 11 is 6.56. The highest BCUT2D eigenvalue weighted by Crippen LogP contribution is 2.47. The summed E-state index contributed by atoms with van der Waals surface area (Å²) in [6, 6.07) is 17.1. The number of anilines is 2. The number of halogens is 1. The van der Waals surface area contributed by atoms with Crippen molar-refractivity contribution in [3.8, 4) is 23.0 Å². The number of carbonyl (C=O) groups excluding carboxylic acids is 1. The molecule has 0 spiro atoms. The zero-order valence-corrected chi connectivity index (χ0v) is 22.6. The molecule has 1 heterocycles. The summed E-state index contributed by atoms with van der Waals surface area (Å²) in [6.07, 6.45) is 0.982. The van der Waals surface area contributed by atoms with Gasteiger partial charge in [0.15, 0.2) is 17.3 Å². The fraction of sp³-hybridized carbons (Fsp3) is 0.300. The summed E-state index contributed by atoms with van der Waals surface area (Å²) in [5, 5.41) is 7.67. The van der Waals surface area contributed by atoms with Crippen LogP contribution in [-0.2, 0) is 4.79 Å². The first-order valence-corrected chi connectivity index (χ1v) is 13.0. The number of ether oxygens (including phenoxy) is 4. The number of ketones is 1. The minimum absolute atomic E-state index is 0.0628. The molecule has 0 saturated carbocycles. The third-order valence-corrected chi connectivity index (χ3v) is 7.35. The third kappa shape index (κ3) is 4.74. The van der Waals surface area contributed by atoms with E-state index in [9.17, 15) is 4.79 Å². The Balaban J connectivity index is 1.59. The predicted molar refractivity (Wildman–Crippen MR) is 149 cm³/mol. The van der Waals surface area contributed by atoms with Crippen LogP contribution in [0.2, 0.25) is 5.02 Å². The Hall–Kier alpha value is -3.84. The van der Waals surface area contributed by atoms with Gasteiger partial charge in [-0.25, -0.2) is 0 Å². The predicted octanol–water partition coefficient (Wildman–Crippen LogP) is 6.74. The van der Waals surface area contributed by atoms with E-state index in [0.717, 1.165) is 28.2 Å². The van der Waals surface area contributed by atoms with E-state index in [4.69, 9.17) is 30.5 Å². The van der Waals surface area contributed by atoms with Crippen LogP contribution < -0.4 is 29.6 Å². The first kappa shape index (κ1) is 25.8. The van der Waals surface area contributed by atoms with Gasteiger partial charge in [-0.2, -0.15) is 0 Å². The van der Waals surface area contributed by atoms with Gasteiger partial charge in [-0.3, -0.25) is 4.79 Å². The summed E-state index contributed by atoms with van der Waals surface area (Å²) in [5.74, 6) is 2.27. The second kappa shape index (κ2) is 10.9. The van der Waals surface area contributed by atoms with Crippen LogP contribution in [0.4, 0.5) is 11.4 Å². The number of methoxy groups -OCH3 is 3. The molecule has 2 N–H and O–H groups in total. The smallest absolute Gasteiger partial charge is 0.203 e. The van der Waals surface area contributed by atoms with Crippen molar-refractivity contribution < 1.29 is 23.7 Å². The van der Waals surface area contributed by atoms with Crippen molar-refractivity contribution in [1.29, 1.82) is 0 Å². The minimum atomic E-state index is -0.372. The Bertz CT molecular complexity index is 1380. The number of carbonyl (C=O) groups is 1. The topological polar surface area (TPSA) is 78.1 Å². The Labute approximate surface area is 227 Å². The first-order chi connectivity index (χ1) is 18.5. The standard InChI is InChI=1S/C30H31ClN2O5/c1-5-38-25-11-10-17(12-20(25)31)29-28-23(32-21-8-6-7-9-22(21)33-29)13-18(14-24(28)34)19-15-26(35-2)30(37-4)27(16-19)36-3/h6-12,15-16,18,29,32-33H,5,13-14H2,1-4H3. The van der Waals surface area contributed by atoms with Crippen molar-refractivity contribution in [3.05, 3.63) is 82.0 Å². The van der Waals surface area contributed by atoms with Crippen molar-refractivity contribution in [2.75, 3.05) is 38.6 Å². The maximum absolute atomic E-state index is 13.9. The fourth-order valence-electron chi connectivity index (χ4n) is 5.28. The molecule has 198 valence electrons. The molecule has 3 aromatic rings. The zero-order valence-electron chi connectivity index (χ0n) is 21.9. The molecule has 1 aliphatic heterocycles. The highest BCUT2D eigenvalue weighted by Gasteiger charge is 2.37. The van der Waals surface area contributed by atoms with Crippen LogP contribution >= 0.6 is 11.6 Å². The molecule has 38 heavy (non-hydrogen) atoms. The Kier molecular flexibility index (Phi) is 7.38. The van der Waals surface area contributed by atoms with Crippen LogP contribution in [0, 0.1) is 0 Å². The quantitative estimate of drug-likeness (QED) is 0.347.